The third-order valence-corrected chi connectivity index (χ3v) is 4.21. The highest BCUT2D eigenvalue weighted by Crippen LogP contribution is 2.24. The molecule has 0 amide bonds. The first-order valence-electron chi connectivity index (χ1n) is 8.27. The van der Waals surface area contributed by atoms with Crippen LogP contribution in [0.15, 0.2) is 18.2 Å². The number of rotatable bonds is 5. The van der Waals surface area contributed by atoms with E-state index in [0.717, 1.165) is 17.0 Å². The van der Waals surface area contributed by atoms with E-state index in [0.29, 0.717) is 28.6 Å². The van der Waals surface area contributed by atoms with Gasteiger partial charge in [0.2, 0.25) is 0 Å². The van der Waals surface area contributed by atoms with Crippen molar-refractivity contribution in [2.45, 2.75) is 46.2 Å². The summed E-state index contributed by atoms with van der Waals surface area (Å²) in [7, 11) is 0. The molecule has 3 rings (SSSR count). The standard InChI is InChI=1S/C17H22ClN7/c1-9(2)15-21-16(14-17(22-15)25(10(3)4)24-23-14)20-8-11-5-6-12(18)13(19)7-11/h5-7,9-10H,8,19H2,1-4H3,(H,20,21,22). The molecule has 0 fully saturated rings. The van der Waals surface area contributed by atoms with Crippen molar-refractivity contribution in [1.82, 2.24) is 25.0 Å². The zero-order chi connectivity index (χ0) is 18.1. The molecule has 0 bridgehead atoms. The van der Waals surface area contributed by atoms with E-state index in [2.05, 4.69) is 53.3 Å². The zero-order valence-corrected chi connectivity index (χ0v) is 15.5. The largest absolute Gasteiger partial charge is 0.398 e. The summed E-state index contributed by atoms with van der Waals surface area (Å²) in [5.74, 6) is 1.63. The number of nitrogens with two attached hydrogens (primary N) is 1. The Hall–Kier alpha value is -2.41. The summed E-state index contributed by atoms with van der Waals surface area (Å²) in [6, 6.07) is 5.74. The molecule has 0 radical (unpaired) electrons. The molecule has 25 heavy (non-hydrogen) atoms. The Bertz CT molecular complexity index is 901. The molecule has 0 atom stereocenters. The predicted octanol–water partition coefficient (Wildman–Crippen LogP) is 3.77. The molecule has 0 saturated carbocycles. The SMILES string of the molecule is CC(C)c1nc(NCc2ccc(Cl)c(N)c2)c2nnn(C(C)C)c2n1. The van der Waals surface area contributed by atoms with Gasteiger partial charge in [0.15, 0.2) is 17.0 Å². The number of nitrogens with one attached hydrogen (secondary N) is 1. The molecule has 8 heteroatoms. The van der Waals surface area contributed by atoms with Crippen LogP contribution in [0, 0.1) is 0 Å². The number of hydrogen-bond donors (Lipinski definition) is 2. The average Bonchev–Trinajstić information content (AvgIpc) is 2.99. The zero-order valence-electron chi connectivity index (χ0n) is 14.8. The highest BCUT2D eigenvalue weighted by atomic mass is 35.5. The summed E-state index contributed by atoms with van der Waals surface area (Å²) in [6.07, 6.45) is 0. The highest BCUT2D eigenvalue weighted by Gasteiger charge is 2.17. The lowest BCUT2D eigenvalue weighted by Crippen LogP contribution is -2.09. The van der Waals surface area contributed by atoms with Crippen LogP contribution in [0.5, 0.6) is 0 Å². The molecule has 3 N–H and O–H groups in total. The van der Waals surface area contributed by atoms with Crippen molar-refractivity contribution >= 4 is 34.3 Å². The Morgan fingerprint density at radius 3 is 2.60 bits per heavy atom. The van der Waals surface area contributed by atoms with Crippen molar-refractivity contribution in [3.8, 4) is 0 Å². The van der Waals surface area contributed by atoms with Crippen molar-refractivity contribution in [2.75, 3.05) is 11.1 Å². The summed E-state index contributed by atoms with van der Waals surface area (Å²) >= 11 is 5.98. The number of aromatic nitrogens is 5. The van der Waals surface area contributed by atoms with Gasteiger partial charge in [-0.2, -0.15) is 0 Å². The normalized spacial score (nSPS) is 11.6. The number of hydrogen-bond acceptors (Lipinski definition) is 6. The Balaban J connectivity index is 1.97. The Morgan fingerprint density at radius 1 is 1.20 bits per heavy atom. The molecule has 2 aromatic heterocycles. The van der Waals surface area contributed by atoms with Gasteiger partial charge in [0.05, 0.1) is 16.8 Å². The fourth-order valence-corrected chi connectivity index (χ4v) is 2.58. The monoisotopic (exact) mass is 359 g/mol. The maximum atomic E-state index is 5.98. The maximum Gasteiger partial charge on any atom is 0.184 e. The van der Waals surface area contributed by atoms with Crippen LogP contribution < -0.4 is 11.1 Å². The first-order valence-corrected chi connectivity index (χ1v) is 8.65. The molecule has 1 aromatic carbocycles. The van der Waals surface area contributed by atoms with Crippen LogP contribution in [-0.2, 0) is 6.54 Å². The van der Waals surface area contributed by atoms with Crippen molar-refractivity contribution in [2.24, 2.45) is 0 Å². The molecule has 7 nitrogen and oxygen atoms in total. The molecular formula is C17H22ClN7. The lowest BCUT2D eigenvalue weighted by atomic mass is 10.2. The summed E-state index contributed by atoms with van der Waals surface area (Å²) in [5.41, 5.74) is 8.85. The first kappa shape index (κ1) is 17.4. The third-order valence-electron chi connectivity index (χ3n) is 3.87. The number of anilines is 2. The summed E-state index contributed by atoms with van der Waals surface area (Å²) < 4.78 is 1.81. The molecule has 2 heterocycles. The lowest BCUT2D eigenvalue weighted by Gasteiger charge is -2.11. The lowest BCUT2D eigenvalue weighted by molar-refractivity contribution is 0.525. The molecule has 0 aliphatic carbocycles. The Kier molecular flexibility index (Phi) is 4.76. The van der Waals surface area contributed by atoms with Gasteiger partial charge in [-0.15, -0.1) is 5.10 Å². The van der Waals surface area contributed by atoms with E-state index in [9.17, 15) is 0 Å². The predicted molar refractivity (Wildman–Crippen MR) is 101 cm³/mol. The number of halogens is 1. The van der Waals surface area contributed by atoms with Gasteiger partial charge in [0, 0.05) is 12.5 Å². The molecule has 0 aliphatic heterocycles. The van der Waals surface area contributed by atoms with Crippen molar-refractivity contribution in [1.29, 1.82) is 0 Å². The minimum Gasteiger partial charge on any atom is -0.398 e. The van der Waals surface area contributed by atoms with Gasteiger partial charge in [-0.1, -0.05) is 36.7 Å². The van der Waals surface area contributed by atoms with Crippen LogP contribution in [0.2, 0.25) is 5.02 Å². The van der Waals surface area contributed by atoms with E-state index in [-0.39, 0.29) is 12.0 Å². The first-order chi connectivity index (χ1) is 11.9. The average molecular weight is 360 g/mol. The highest BCUT2D eigenvalue weighted by molar-refractivity contribution is 6.33. The topological polar surface area (TPSA) is 94.5 Å². The third kappa shape index (κ3) is 3.51. The van der Waals surface area contributed by atoms with Crippen LogP contribution in [0.25, 0.3) is 11.2 Å². The van der Waals surface area contributed by atoms with Gasteiger partial charge in [-0.3, -0.25) is 0 Å². The van der Waals surface area contributed by atoms with Crippen LogP contribution in [0.4, 0.5) is 11.5 Å². The molecule has 3 aromatic rings. The molecular weight excluding hydrogens is 338 g/mol. The van der Waals surface area contributed by atoms with Gasteiger partial charge in [-0.25, -0.2) is 14.6 Å². The quantitative estimate of drug-likeness (QED) is 0.673. The van der Waals surface area contributed by atoms with E-state index in [1.807, 2.05) is 16.8 Å². The van der Waals surface area contributed by atoms with Crippen LogP contribution in [0.1, 0.15) is 51.0 Å². The van der Waals surface area contributed by atoms with Gasteiger partial charge in [-0.05, 0) is 31.5 Å². The van der Waals surface area contributed by atoms with Gasteiger partial charge >= 0.3 is 0 Å². The number of benzene rings is 1. The smallest absolute Gasteiger partial charge is 0.184 e. The molecule has 0 unspecified atom stereocenters. The number of fused-ring (bicyclic) bond motifs is 1. The van der Waals surface area contributed by atoms with Gasteiger partial charge in [0.25, 0.3) is 0 Å². The van der Waals surface area contributed by atoms with Crippen LogP contribution in [0.3, 0.4) is 0 Å². The van der Waals surface area contributed by atoms with E-state index in [4.69, 9.17) is 17.3 Å². The maximum absolute atomic E-state index is 5.98. The number of nitrogen functional groups attached to an aromatic ring is 1. The minimum absolute atomic E-state index is 0.170. The second-order valence-electron chi connectivity index (χ2n) is 6.59. The second-order valence-corrected chi connectivity index (χ2v) is 7.00. The fourth-order valence-electron chi connectivity index (χ4n) is 2.47. The summed E-state index contributed by atoms with van der Waals surface area (Å²) in [5, 5.41) is 12.4. The van der Waals surface area contributed by atoms with Crippen LogP contribution in [-0.4, -0.2) is 25.0 Å². The van der Waals surface area contributed by atoms with E-state index in [1.54, 1.807) is 6.07 Å². The van der Waals surface area contributed by atoms with Gasteiger partial charge < -0.3 is 11.1 Å². The van der Waals surface area contributed by atoms with Crippen molar-refractivity contribution in [3.05, 3.63) is 34.6 Å². The molecule has 132 valence electrons. The summed E-state index contributed by atoms with van der Waals surface area (Å²) in [6.45, 7) is 8.78. The van der Waals surface area contributed by atoms with E-state index >= 15 is 0 Å². The van der Waals surface area contributed by atoms with E-state index < -0.39 is 0 Å². The Labute approximate surface area is 151 Å². The summed E-state index contributed by atoms with van der Waals surface area (Å²) in [4.78, 5) is 9.28. The minimum atomic E-state index is 0.170. The van der Waals surface area contributed by atoms with Crippen LogP contribution >= 0.6 is 11.6 Å². The van der Waals surface area contributed by atoms with Gasteiger partial charge in [0.1, 0.15) is 5.82 Å². The van der Waals surface area contributed by atoms with Crippen molar-refractivity contribution in [3.63, 3.8) is 0 Å². The Morgan fingerprint density at radius 2 is 1.96 bits per heavy atom. The van der Waals surface area contributed by atoms with E-state index in [1.165, 1.54) is 0 Å². The van der Waals surface area contributed by atoms with Crippen molar-refractivity contribution < 1.29 is 0 Å². The molecule has 0 saturated heterocycles. The molecule has 0 spiro atoms. The number of nitrogens with zero attached hydrogens (tertiary/aromatic N) is 5. The molecule has 0 aliphatic rings. The fraction of sp³-hybridized carbons (Fsp3) is 0.412. The second kappa shape index (κ2) is 6.84.